The molecule has 8 rings (SSSR count). The van der Waals surface area contributed by atoms with Crippen LogP contribution in [0.3, 0.4) is 0 Å². The smallest absolute Gasteiger partial charge is 0.274 e. The molecule has 5 atom stereocenters. The van der Waals surface area contributed by atoms with Crippen LogP contribution < -0.4 is 20.1 Å². The zero-order chi connectivity index (χ0) is 37.8. The molecule has 5 aliphatic rings. The first kappa shape index (κ1) is 36.1. The maximum atomic E-state index is 14.5. The molecule has 0 radical (unpaired) electrons. The lowest BCUT2D eigenvalue weighted by atomic mass is 10.0. The van der Waals surface area contributed by atoms with Crippen LogP contribution in [0, 0.1) is 18.7 Å². The minimum Gasteiger partial charge on any atom is -0.471 e. The Balaban J connectivity index is 1.09. The van der Waals surface area contributed by atoms with E-state index in [1.807, 2.05) is 12.2 Å². The van der Waals surface area contributed by atoms with Gasteiger partial charge < -0.3 is 24.8 Å². The average molecular weight is 764 g/mol. The number of rotatable bonds is 8. The first-order valence-corrected chi connectivity index (χ1v) is 20.2. The van der Waals surface area contributed by atoms with E-state index in [9.17, 15) is 32.0 Å². The van der Waals surface area contributed by atoms with Crippen LogP contribution in [-0.4, -0.2) is 87.6 Å². The number of carbonyl (C=O) groups is 4. The predicted octanol–water partition coefficient (Wildman–Crippen LogP) is 3.09. The molecule has 2 aliphatic heterocycles. The van der Waals surface area contributed by atoms with E-state index < -0.39 is 74.4 Å². The highest BCUT2D eigenvalue weighted by molar-refractivity contribution is 7.91. The number of sulfonamides is 1. The molecule has 3 aliphatic carbocycles. The molecule has 0 unspecified atom stereocenters. The van der Waals surface area contributed by atoms with Gasteiger partial charge in [-0.3, -0.25) is 23.9 Å². The Kier molecular flexibility index (Phi) is 9.38. The molecular weight excluding hydrogens is 722 g/mol. The number of fused-ring (bicyclic) bond motifs is 3. The van der Waals surface area contributed by atoms with Gasteiger partial charge in [-0.1, -0.05) is 30.2 Å². The van der Waals surface area contributed by atoms with Gasteiger partial charge in [-0.2, -0.15) is 0 Å². The molecule has 3 N–H and O–H groups in total. The Bertz CT molecular complexity index is 2150. The summed E-state index contributed by atoms with van der Waals surface area (Å²) in [5.74, 6) is -2.60. The van der Waals surface area contributed by atoms with E-state index in [0.717, 1.165) is 25.7 Å². The topological polar surface area (TPSA) is 203 Å². The Morgan fingerprint density at radius 1 is 1.06 bits per heavy atom. The lowest BCUT2D eigenvalue weighted by Crippen LogP contribution is -2.58. The average Bonchev–Trinajstić information content (AvgIpc) is 4.08. The molecule has 15 nitrogen and oxygen atoms in total. The lowest BCUT2D eigenvalue weighted by Gasteiger charge is -2.29. The Hall–Kier alpha value is -4.93. The fraction of sp³-hybridized carbons (Fsp3) is 0.541. The molecule has 54 heavy (non-hydrogen) atoms. The summed E-state index contributed by atoms with van der Waals surface area (Å²) in [6.45, 7) is 1.60. The summed E-state index contributed by atoms with van der Waals surface area (Å²) in [5, 5.41) is 8.96. The van der Waals surface area contributed by atoms with E-state index in [4.69, 9.17) is 9.26 Å². The molecule has 1 aromatic carbocycles. The van der Waals surface area contributed by atoms with Crippen molar-refractivity contribution in [2.24, 2.45) is 5.92 Å². The van der Waals surface area contributed by atoms with Crippen LogP contribution in [0.1, 0.15) is 98.5 Å². The van der Waals surface area contributed by atoms with Crippen LogP contribution in [-0.2, 0) is 24.4 Å². The largest absolute Gasteiger partial charge is 0.471 e. The summed E-state index contributed by atoms with van der Waals surface area (Å²) in [6.07, 6.45) is 9.03. The Labute approximate surface area is 310 Å². The SMILES string of the molecule is Cc1nc2ccc(F)cc2nc1O[C@@H]1C[C@H]2C(=O)N[C@]3(C(=O)NS(=O)(=O)C4CC4)C[C@H]3/C=C\CCCCC[C@H](NC(=O)c3cc(C4CC4)on3)C(=O)N2C1. The molecule has 0 spiro atoms. The van der Waals surface area contributed by atoms with Crippen molar-refractivity contribution in [2.75, 3.05) is 6.54 Å². The third-order valence-corrected chi connectivity index (χ3v) is 12.7. The zero-order valence-electron chi connectivity index (χ0n) is 29.8. The summed E-state index contributed by atoms with van der Waals surface area (Å²) < 4.78 is 53.5. The highest BCUT2D eigenvalue weighted by Crippen LogP contribution is 2.46. The summed E-state index contributed by atoms with van der Waals surface area (Å²) >= 11 is 0. The zero-order valence-corrected chi connectivity index (χ0v) is 30.6. The highest BCUT2D eigenvalue weighted by Gasteiger charge is 2.62. The number of halogens is 1. The molecule has 4 fully saturated rings. The number of benzene rings is 1. The van der Waals surface area contributed by atoms with Crippen molar-refractivity contribution in [2.45, 2.75) is 112 Å². The number of carbonyl (C=O) groups excluding carboxylic acids is 4. The van der Waals surface area contributed by atoms with Gasteiger partial charge >= 0.3 is 0 Å². The molecule has 3 aromatic rings. The van der Waals surface area contributed by atoms with Gasteiger partial charge in [-0.15, -0.1) is 0 Å². The lowest BCUT2D eigenvalue weighted by molar-refractivity contribution is -0.141. The monoisotopic (exact) mass is 763 g/mol. The second-order valence-corrected chi connectivity index (χ2v) is 17.1. The number of nitrogens with one attached hydrogen (secondary N) is 3. The second-order valence-electron chi connectivity index (χ2n) is 15.2. The van der Waals surface area contributed by atoms with Crippen molar-refractivity contribution < 1.29 is 41.2 Å². The fourth-order valence-corrected chi connectivity index (χ4v) is 8.77. The van der Waals surface area contributed by atoms with Crippen LogP contribution in [0.25, 0.3) is 11.0 Å². The molecule has 4 amide bonds. The van der Waals surface area contributed by atoms with Crippen LogP contribution in [0.5, 0.6) is 5.88 Å². The van der Waals surface area contributed by atoms with Gasteiger partial charge in [0, 0.05) is 30.4 Å². The maximum Gasteiger partial charge on any atom is 0.274 e. The molecule has 4 heterocycles. The van der Waals surface area contributed by atoms with E-state index >= 15 is 0 Å². The second kappa shape index (κ2) is 14.0. The van der Waals surface area contributed by atoms with Crippen molar-refractivity contribution in [3.05, 3.63) is 59.4 Å². The molecule has 3 saturated carbocycles. The van der Waals surface area contributed by atoms with Gasteiger partial charge in [0.2, 0.25) is 27.7 Å². The van der Waals surface area contributed by atoms with E-state index in [-0.39, 0.29) is 48.8 Å². The summed E-state index contributed by atoms with van der Waals surface area (Å²) in [6, 6.07) is 3.41. The standard InChI is InChI=1S/C37H42FN7O8S/c1-20-34(41-28-15-23(38)11-14-26(28)39-20)52-24-16-30-33(47)42-37(36(49)44-54(50,51)25-12-13-25)18-22(37)7-5-3-2-4-6-8-27(35(48)45(30)19-24)40-32(46)29-17-31(53-43-29)21-9-10-21/h5,7,11,14-15,17,21-22,24-25,27,30H,2-4,6,8-10,12-13,16,18-19H2,1H3,(H,40,46)(H,42,47)(H,44,49)/b7-5-/t22-,24-,27+,30+,37-/m1/s1. The molecule has 286 valence electrons. The van der Waals surface area contributed by atoms with Crippen molar-refractivity contribution in [3.63, 3.8) is 0 Å². The number of amides is 4. The van der Waals surface area contributed by atoms with Gasteiger partial charge in [-0.25, -0.2) is 22.8 Å². The Morgan fingerprint density at radius 3 is 2.65 bits per heavy atom. The van der Waals surface area contributed by atoms with Crippen molar-refractivity contribution in [1.82, 2.24) is 35.4 Å². The third kappa shape index (κ3) is 7.42. The first-order chi connectivity index (χ1) is 25.9. The van der Waals surface area contributed by atoms with Crippen LogP contribution in [0.15, 0.2) is 40.9 Å². The van der Waals surface area contributed by atoms with E-state index in [1.165, 1.54) is 23.1 Å². The van der Waals surface area contributed by atoms with Gasteiger partial charge in [0.05, 0.1) is 22.8 Å². The quantitative estimate of drug-likeness (QED) is 0.285. The van der Waals surface area contributed by atoms with Crippen LogP contribution in [0.2, 0.25) is 0 Å². The molecule has 17 heteroatoms. The predicted molar refractivity (Wildman–Crippen MR) is 190 cm³/mol. The van der Waals surface area contributed by atoms with Gasteiger partial charge in [0.1, 0.15) is 41.0 Å². The Morgan fingerprint density at radius 2 is 1.87 bits per heavy atom. The normalized spacial score (nSPS) is 28.2. The number of aryl methyl sites for hydroxylation is 1. The van der Waals surface area contributed by atoms with Crippen molar-refractivity contribution in [1.29, 1.82) is 0 Å². The summed E-state index contributed by atoms with van der Waals surface area (Å²) in [5.41, 5.74) is -0.339. The molecule has 1 saturated heterocycles. The van der Waals surface area contributed by atoms with E-state index in [0.29, 0.717) is 42.7 Å². The van der Waals surface area contributed by atoms with Crippen molar-refractivity contribution >= 4 is 44.7 Å². The van der Waals surface area contributed by atoms with E-state index in [1.54, 1.807) is 13.0 Å². The first-order valence-electron chi connectivity index (χ1n) is 18.6. The van der Waals surface area contributed by atoms with Crippen molar-refractivity contribution in [3.8, 4) is 5.88 Å². The van der Waals surface area contributed by atoms with Gasteiger partial charge in [0.15, 0.2) is 5.69 Å². The summed E-state index contributed by atoms with van der Waals surface area (Å²) in [4.78, 5) is 66.3. The molecule has 2 aromatic heterocycles. The highest BCUT2D eigenvalue weighted by atomic mass is 32.2. The minimum atomic E-state index is -3.91. The van der Waals surface area contributed by atoms with Crippen LogP contribution in [0.4, 0.5) is 4.39 Å². The maximum absolute atomic E-state index is 14.5. The third-order valence-electron chi connectivity index (χ3n) is 10.9. The number of ether oxygens (including phenoxy) is 1. The number of hydrogen-bond acceptors (Lipinski definition) is 11. The summed E-state index contributed by atoms with van der Waals surface area (Å²) in [7, 11) is -3.91. The number of hydrogen-bond donors (Lipinski definition) is 3. The van der Waals surface area contributed by atoms with Gasteiger partial charge in [0.25, 0.3) is 11.8 Å². The minimum absolute atomic E-state index is 0.0207. The number of allylic oxidation sites excluding steroid dienone is 1. The van der Waals surface area contributed by atoms with E-state index in [2.05, 4.69) is 30.5 Å². The van der Waals surface area contributed by atoms with Gasteiger partial charge in [-0.05, 0) is 70.4 Å². The molecule has 0 bridgehead atoms. The fourth-order valence-electron chi connectivity index (χ4n) is 7.41. The van der Waals surface area contributed by atoms with Crippen LogP contribution >= 0.6 is 0 Å². The number of nitrogens with zero attached hydrogens (tertiary/aromatic N) is 4. The molecular formula is C37H42FN7O8S. The number of aromatic nitrogens is 3.